The second-order valence-electron chi connectivity index (χ2n) is 3.16. The maximum absolute atomic E-state index is 12.8. The monoisotopic (exact) mass is 274 g/mol. The van der Waals surface area contributed by atoms with Crippen molar-refractivity contribution in [3.05, 3.63) is 32.8 Å². The van der Waals surface area contributed by atoms with Crippen molar-refractivity contribution in [2.24, 2.45) is 0 Å². The summed E-state index contributed by atoms with van der Waals surface area (Å²) in [6.07, 6.45) is -1.95. The summed E-state index contributed by atoms with van der Waals surface area (Å²) in [4.78, 5) is 0. The fourth-order valence-electron chi connectivity index (χ4n) is 1.03. The van der Waals surface area contributed by atoms with Crippen LogP contribution in [0.3, 0.4) is 0 Å². The molecule has 84 valence electrons. The van der Waals surface area contributed by atoms with E-state index in [1.165, 1.54) is 0 Å². The van der Waals surface area contributed by atoms with Crippen molar-refractivity contribution < 1.29 is 13.9 Å². The fraction of sp³-hybridized carbons (Fsp3) is 0.333. The Bertz CT molecular complexity index is 353. The van der Waals surface area contributed by atoms with E-state index in [4.69, 9.17) is 34.8 Å². The third-order valence-electron chi connectivity index (χ3n) is 1.80. The number of halogens is 5. The zero-order chi connectivity index (χ0) is 11.8. The quantitative estimate of drug-likeness (QED) is 0.796. The molecule has 0 spiro atoms. The van der Waals surface area contributed by atoms with Crippen LogP contribution in [0.5, 0.6) is 0 Å². The lowest BCUT2D eigenvalue weighted by Crippen LogP contribution is -2.21. The Morgan fingerprint density at radius 3 is 1.93 bits per heavy atom. The Morgan fingerprint density at radius 2 is 1.60 bits per heavy atom. The molecule has 6 heteroatoms. The van der Waals surface area contributed by atoms with Gasteiger partial charge in [-0.1, -0.05) is 34.8 Å². The number of hydrogen-bond donors (Lipinski definition) is 1. The van der Waals surface area contributed by atoms with Gasteiger partial charge in [-0.2, -0.15) is 0 Å². The molecule has 0 aliphatic rings. The van der Waals surface area contributed by atoms with Gasteiger partial charge in [0.1, 0.15) is 6.10 Å². The van der Waals surface area contributed by atoms with E-state index in [2.05, 4.69) is 0 Å². The highest BCUT2D eigenvalue weighted by Gasteiger charge is 2.34. The summed E-state index contributed by atoms with van der Waals surface area (Å²) in [6.45, 7) is 0.605. The van der Waals surface area contributed by atoms with Gasteiger partial charge in [-0.25, -0.2) is 8.78 Å². The minimum atomic E-state index is -3.26. The Labute approximate surface area is 101 Å². The van der Waals surface area contributed by atoms with Crippen LogP contribution in [0.25, 0.3) is 0 Å². The van der Waals surface area contributed by atoms with E-state index >= 15 is 0 Å². The highest BCUT2D eigenvalue weighted by atomic mass is 35.5. The number of alkyl halides is 2. The molecule has 0 aromatic heterocycles. The van der Waals surface area contributed by atoms with Crippen LogP contribution >= 0.6 is 34.8 Å². The third kappa shape index (κ3) is 2.94. The second kappa shape index (κ2) is 4.42. The molecular weight excluding hydrogens is 268 g/mol. The van der Waals surface area contributed by atoms with Crippen molar-refractivity contribution in [2.75, 3.05) is 0 Å². The second-order valence-corrected chi connectivity index (χ2v) is 4.35. The molecule has 1 aromatic rings. The van der Waals surface area contributed by atoms with Crippen LogP contribution in [-0.2, 0) is 0 Å². The van der Waals surface area contributed by atoms with E-state index in [9.17, 15) is 13.9 Å². The van der Waals surface area contributed by atoms with Crippen LogP contribution in [0, 0.1) is 0 Å². The maximum Gasteiger partial charge on any atom is 0.274 e. The van der Waals surface area contributed by atoms with Gasteiger partial charge in [-0.15, -0.1) is 0 Å². The molecule has 0 aliphatic carbocycles. The van der Waals surface area contributed by atoms with E-state index in [1.54, 1.807) is 0 Å². The van der Waals surface area contributed by atoms with Crippen LogP contribution in [0.15, 0.2) is 12.1 Å². The number of aliphatic hydroxyl groups excluding tert-OH is 1. The Balaban J connectivity index is 3.17. The summed E-state index contributed by atoms with van der Waals surface area (Å²) >= 11 is 16.9. The number of hydrogen-bond acceptors (Lipinski definition) is 1. The van der Waals surface area contributed by atoms with E-state index in [1.807, 2.05) is 0 Å². The molecule has 1 atom stereocenters. The normalized spacial score (nSPS) is 14.1. The number of rotatable bonds is 2. The topological polar surface area (TPSA) is 20.2 Å². The number of benzene rings is 1. The van der Waals surface area contributed by atoms with Crippen molar-refractivity contribution in [3.8, 4) is 0 Å². The molecule has 0 saturated carbocycles. The van der Waals surface area contributed by atoms with Gasteiger partial charge in [0.2, 0.25) is 0 Å². The molecule has 0 radical (unpaired) electrons. The Hall–Kier alpha value is -0.0900. The summed E-state index contributed by atoms with van der Waals surface area (Å²) in [6, 6.07) is 2.33. The Kier molecular flexibility index (Phi) is 3.82. The molecule has 0 fully saturated rings. The lowest BCUT2D eigenvalue weighted by atomic mass is 10.1. The summed E-state index contributed by atoms with van der Waals surface area (Å²) in [5.74, 6) is -3.26. The van der Waals surface area contributed by atoms with Crippen LogP contribution in [-0.4, -0.2) is 11.0 Å². The molecule has 15 heavy (non-hydrogen) atoms. The molecule has 1 aromatic carbocycles. The zero-order valence-electron chi connectivity index (χ0n) is 7.57. The van der Waals surface area contributed by atoms with Gasteiger partial charge in [-0.05, 0) is 17.7 Å². The molecule has 1 N–H and O–H groups in total. The zero-order valence-corrected chi connectivity index (χ0v) is 9.84. The minimum absolute atomic E-state index is 0.0301. The molecule has 0 bridgehead atoms. The van der Waals surface area contributed by atoms with Crippen molar-refractivity contribution >= 4 is 34.8 Å². The van der Waals surface area contributed by atoms with Crippen LogP contribution in [0.2, 0.25) is 15.1 Å². The SMILES string of the molecule is CC(F)(F)C(O)c1cc(Cl)c(Cl)c(Cl)c1. The van der Waals surface area contributed by atoms with Crippen molar-refractivity contribution in [3.63, 3.8) is 0 Å². The average Bonchev–Trinajstić information content (AvgIpc) is 2.10. The summed E-state index contributed by atoms with van der Waals surface area (Å²) < 4.78 is 25.6. The molecule has 1 nitrogen and oxygen atoms in total. The molecule has 0 saturated heterocycles. The van der Waals surface area contributed by atoms with Crippen LogP contribution < -0.4 is 0 Å². The van der Waals surface area contributed by atoms with Gasteiger partial charge in [0.05, 0.1) is 15.1 Å². The van der Waals surface area contributed by atoms with Gasteiger partial charge in [-0.3, -0.25) is 0 Å². The lowest BCUT2D eigenvalue weighted by Gasteiger charge is -2.19. The molecule has 1 unspecified atom stereocenters. The van der Waals surface area contributed by atoms with Crippen molar-refractivity contribution in [1.82, 2.24) is 0 Å². The highest BCUT2D eigenvalue weighted by Crippen LogP contribution is 2.37. The summed E-state index contributed by atoms with van der Waals surface area (Å²) in [7, 11) is 0. The van der Waals surface area contributed by atoms with E-state index in [-0.39, 0.29) is 20.6 Å². The van der Waals surface area contributed by atoms with Gasteiger partial charge >= 0.3 is 0 Å². The molecule has 1 rings (SSSR count). The van der Waals surface area contributed by atoms with Crippen LogP contribution in [0.4, 0.5) is 8.78 Å². The summed E-state index contributed by atoms with van der Waals surface area (Å²) in [5, 5.41) is 9.42. The standard InChI is InChI=1S/C9H7Cl3F2O/c1-9(13,14)8(15)4-2-5(10)7(12)6(11)3-4/h2-3,8,15H,1H3. The molecule has 0 amide bonds. The van der Waals surface area contributed by atoms with Gasteiger partial charge in [0.15, 0.2) is 0 Å². The van der Waals surface area contributed by atoms with E-state index in [0.29, 0.717) is 6.92 Å². The first kappa shape index (κ1) is 13.0. The van der Waals surface area contributed by atoms with Gasteiger partial charge in [0, 0.05) is 6.92 Å². The van der Waals surface area contributed by atoms with Crippen LogP contribution in [0.1, 0.15) is 18.6 Å². The largest absolute Gasteiger partial charge is 0.382 e. The first-order chi connectivity index (χ1) is 6.73. The number of aliphatic hydroxyl groups is 1. The van der Waals surface area contributed by atoms with Crippen molar-refractivity contribution in [2.45, 2.75) is 19.0 Å². The first-order valence-electron chi connectivity index (χ1n) is 3.94. The van der Waals surface area contributed by atoms with Crippen molar-refractivity contribution in [1.29, 1.82) is 0 Å². The smallest absolute Gasteiger partial charge is 0.274 e. The fourth-order valence-corrected chi connectivity index (χ4v) is 1.64. The predicted octanol–water partition coefficient (Wildman–Crippen LogP) is 4.34. The van der Waals surface area contributed by atoms with Gasteiger partial charge < -0.3 is 5.11 Å². The molecular formula is C9H7Cl3F2O. The predicted molar refractivity (Wildman–Crippen MR) is 57.1 cm³/mol. The molecule has 0 aliphatic heterocycles. The average molecular weight is 276 g/mol. The molecule has 0 heterocycles. The van der Waals surface area contributed by atoms with E-state index in [0.717, 1.165) is 12.1 Å². The summed E-state index contributed by atoms with van der Waals surface area (Å²) in [5.41, 5.74) is -0.0677. The maximum atomic E-state index is 12.8. The Morgan fingerprint density at radius 1 is 1.20 bits per heavy atom. The first-order valence-corrected chi connectivity index (χ1v) is 5.07. The van der Waals surface area contributed by atoms with E-state index < -0.39 is 12.0 Å². The third-order valence-corrected chi connectivity index (χ3v) is 3.00. The van der Waals surface area contributed by atoms with Gasteiger partial charge in [0.25, 0.3) is 5.92 Å². The highest BCUT2D eigenvalue weighted by molar-refractivity contribution is 6.48. The lowest BCUT2D eigenvalue weighted by molar-refractivity contribution is -0.0953. The minimum Gasteiger partial charge on any atom is -0.382 e.